The van der Waals surface area contributed by atoms with Crippen molar-refractivity contribution < 1.29 is 19.2 Å². The van der Waals surface area contributed by atoms with Crippen molar-refractivity contribution in [1.82, 2.24) is 5.32 Å². The minimum absolute atomic E-state index is 0.0446. The molecular formula is C18H16Cl2N2O5. The predicted molar refractivity (Wildman–Crippen MR) is 101 cm³/mol. The summed E-state index contributed by atoms with van der Waals surface area (Å²) in [4.78, 5) is 34.7. The number of nitro benzene ring substituents is 1. The molecule has 1 unspecified atom stereocenters. The average Bonchev–Trinajstić information content (AvgIpc) is 2.61. The summed E-state index contributed by atoms with van der Waals surface area (Å²) < 4.78 is 4.95. The minimum Gasteiger partial charge on any atom is -0.466 e. The molecule has 0 aliphatic carbocycles. The Balaban J connectivity index is 2.29. The summed E-state index contributed by atoms with van der Waals surface area (Å²) in [7, 11) is 0. The van der Waals surface area contributed by atoms with Gasteiger partial charge in [0.2, 0.25) is 0 Å². The van der Waals surface area contributed by atoms with E-state index < -0.39 is 22.8 Å². The number of esters is 1. The number of ether oxygens (including phenoxy) is 1. The second-order valence-corrected chi connectivity index (χ2v) is 6.29. The van der Waals surface area contributed by atoms with E-state index in [-0.39, 0.29) is 29.3 Å². The Kier molecular flexibility index (Phi) is 7.15. The topological polar surface area (TPSA) is 98.5 Å². The second-order valence-electron chi connectivity index (χ2n) is 5.48. The third-order valence-corrected chi connectivity index (χ3v) is 4.33. The van der Waals surface area contributed by atoms with Crippen LogP contribution in [-0.2, 0) is 9.53 Å². The molecule has 0 radical (unpaired) electrons. The van der Waals surface area contributed by atoms with Crippen molar-refractivity contribution in [2.75, 3.05) is 6.61 Å². The van der Waals surface area contributed by atoms with Gasteiger partial charge in [0.1, 0.15) is 0 Å². The number of hydrogen-bond acceptors (Lipinski definition) is 5. The van der Waals surface area contributed by atoms with Crippen LogP contribution in [0.5, 0.6) is 0 Å². The average molecular weight is 411 g/mol. The summed E-state index contributed by atoms with van der Waals surface area (Å²) >= 11 is 12.2. The Bertz CT molecular complexity index is 873. The first-order valence-corrected chi connectivity index (χ1v) is 8.74. The van der Waals surface area contributed by atoms with E-state index in [1.165, 1.54) is 12.1 Å². The van der Waals surface area contributed by atoms with Crippen molar-refractivity contribution in [2.24, 2.45) is 0 Å². The Morgan fingerprint density at radius 3 is 2.48 bits per heavy atom. The number of nitro groups is 1. The fourth-order valence-electron chi connectivity index (χ4n) is 2.42. The van der Waals surface area contributed by atoms with Gasteiger partial charge in [-0.3, -0.25) is 19.7 Å². The van der Waals surface area contributed by atoms with E-state index >= 15 is 0 Å². The van der Waals surface area contributed by atoms with Crippen LogP contribution in [0.2, 0.25) is 10.0 Å². The van der Waals surface area contributed by atoms with E-state index in [1.807, 2.05) is 0 Å². The first-order chi connectivity index (χ1) is 12.8. The molecule has 1 amide bonds. The van der Waals surface area contributed by atoms with Crippen molar-refractivity contribution in [2.45, 2.75) is 19.4 Å². The molecule has 0 fully saturated rings. The van der Waals surface area contributed by atoms with Crippen LogP contribution < -0.4 is 5.32 Å². The van der Waals surface area contributed by atoms with Gasteiger partial charge in [-0.15, -0.1) is 0 Å². The lowest BCUT2D eigenvalue weighted by atomic mass is 10.0. The van der Waals surface area contributed by atoms with Crippen molar-refractivity contribution in [3.8, 4) is 0 Å². The summed E-state index contributed by atoms with van der Waals surface area (Å²) in [6, 6.07) is 9.54. The molecule has 0 saturated heterocycles. The molecule has 0 aliphatic rings. The van der Waals surface area contributed by atoms with Gasteiger partial charge in [-0.05, 0) is 24.6 Å². The van der Waals surface area contributed by atoms with Crippen LogP contribution in [0.4, 0.5) is 5.69 Å². The van der Waals surface area contributed by atoms with E-state index in [4.69, 9.17) is 27.9 Å². The molecule has 2 aromatic carbocycles. The van der Waals surface area contributed by atoms with Gasteiger partial charge in [0.15, 0.2) is 0 Å². The number of nitrogens with zero attached hydrogens (tertiary/aromatic N) is 1. The lowest BCUT2D eigenvalue weighted by Gasteiger charge is -2.20. The minimum atomic E-state index is -0.753. The highest BCUT2D eigenvalue weighted by molar-refractivity contribution is 6.34. The third kappa shape index (κ3) is 5.42. The lowest BCUT2D eigenvalue weighted by molar-refractivity contribution is -0.384. The molecule has 142 valence electrons. The van der Waals surface area contributed by atoms with Gasteiger partial charge >= 0.3 is 5.97 Å². The molecular weight excluding hydrogens is 395 g/mol. The first-order valence-electron chi connectivity index (χ1n) is 7.98. The molecule has 2 rings (SSSR count). The first kappa shape index (κ1) is 20.7. The van der Waals surface area contributed by atoms with Crippen LogP contribution in [0.25, 0.3) is 0 Å². The van der Waals surface area contributed by atoms with E-state index in [1.54, 1.807) is 31.2 Å². The smallest absolute Gasteiger partial charge is 0.308 e. The number of carbonyl (C=O) groups is 2. The van der Waals surface area contributed by atoms with Gasteiger partial charge in [0.05, 0.1) is 34.6 Å². The SMILES string of the molecule is CCOC(=O)CC(NC(=O)c1ccc([N+](=O)[O-])cc1Cl)c1ccccc1Cl. The Morgan fingerprint density at radius 1 is 1.19 bits per heavy atom. The van der Waals surface area contributed by atoms with Crippen LogP contribution >= 0.6 is 23.2 Å². The maximum absolute atomic E-state index is 12.6. The quantitative estimate of drug-likeness (QED) is 0.416. The fourth-order valence-corrected chi connectivity index (χ4v) is 2.95. The van der Waals surface area contributed by atoms with E-state index in [9.17, 15) is 19.7 Å². The Morgan fingerprint density at radius 2 is 1.89 bits per heavy atom. The summed E-state index contributed by atoms with van der Waals surface area (Å²) in [5.74, 6) is -1.10. The summed E-state index contributed by atoms with van der Waals surface area (Å²) in [6.07, 6.45) is -0.131. The number of non-ortho nitro benzene ring substituents is 1. The molecule has 2 aromatic rings. The van der Waals surface area contributed by atoms with Crippen LogP contribution in [-0.4, -0.2) is 23.4 Å². The number of hydrogen-bond donors (Lipinski definition) is 1. The zero-order valence-corrected chi connectivity index (χ0v) is 15.8. The molecule has 0 aromatic heterocycles. The zero-order chi connectivity index (χ0) is 20.0. The standard InChI is InChI=1S/C18H16Cl2N2O5/c1-2-27-17(23)10-16(12-5-3-4-6-14(12)19)21-18(24)13-8-7-11(22(25)26)9-15(13)20/h3-9,16H,2,10H2,1H3,(H,21,24). The molecule has 7 nitrogen and oxygen atoms in total. The number of amides is 1. The molecule has 27 heavy (non-hydrogen) atoms. The molecule has 0 bridgehead atoms. The van der Waals surface area contributed by atoms with Crippen LogP contribution in [0.15, 0.2) is 42.5 Å². The molecule has 1 N–H and O–H groups in total. The summed E-state index contributed by atoms with van der Waals surface area (Å²) in [5, 5.41) is 13.8. The lowest BCUT2D eigenvalue weighted by Crippen LogP contribution is -2.31. The van der Waals surface area contributed by atoms with Crippen molar-refractivity contribution >= 4 is 40.8 Å². The highest BCUT2D eigenvalue weighted by Gasteiger charge is 2.23. The molecule has 9 heteroatoms. The largest absolute Gasteiger partial charge is 0.466 e. The normalized spacial score (nSPS) is 11.5. The molecule has 0 saturated carbocycles. The molecule has 0 aliphatic heterocycles. The number of halogens is 2. The van der Waals surface area contributed by atoms with Crippen molar-refractivity contribution in [1.29, 1.82) is 0 Å². The van der Waals surface area contributed by atoms with Gasteiger partial charge in [-0.2, -0.15) is 0 Å². The highest BCUT2D eigenvalue weighted by Crippen LogP contribution is 2.27. The zero-order valence-electron chi connectivity index (χ0n) is 14.3. The van der Waals surface area contributed by atoms with Gasteiger partial charge in [0, 0.05) is 17.2 Å². The Labute approximate surface area is 165 Å². The fraction of sp³-hybridized carbons (Fsp3) is 0.222. The van der Waals surface area contributed by atoms with Crippen molar-refractivity contribution in [3.05, 3.63) is 73.8 Å². The monoisotopic (exact) mass is 410 g/mol. The molecule has 0 heterocycles. The van der Waals surface area contributed by atoms with Gasteiger partial charge in [-0.1, -0.05) is 41.4 Å². The van der Waals surface area contributed by atoms with E-state index in [0.717, 1.165) is 6.07 Å². The molecule has 0 spiro atoms. The number of carbonyl (C=O) groups excluding carboxylic acids is 2. The van der Waals surface area contributed by atoms with Crippen LogP contribution in [0.1, 0.15) is 35.3 Å². The number of benzene rings is 2. The summed E-state index contributed by atoms with van der Waals surface area (Å²) in [5.41, 5.74) is 0.354. The maximum atomic E-state index is 12.6. The van der Waals surface area contributed by atoms with E-state index in [0.29, 0.717) is 10.6 Å². The molecule has 1 atom stereocenters. The highest BCUT2D eigenvalue weighted by atomic mass is 35.5. The van der Waals surface area contributed by atoms with Crippen LogP contribution in [0, 0.1) is 10.1 Å². The van der Waals surface area contributed by atoms with Gasteiger partial charge in [-0.25, -0.2) is 0 Å². The number of rotatable bonds is 7. The van der Waals surface area contributed by atoms with Crippen molar-refractivity contribution in [3.63, 3.8) is 0 Å². The number of nitrogens with one attached hydrogen (secondary N) is 1. The Hall–Kier alpha value is -2.64. The third-order valence-electron chi connectivity index (χ3n) is 3.67. The second kappa shape index (κ2) is 9.34. The summed E-state index contributed by atoms with van der Waals surface area (Å²) in [6.45, 7) is 1.88. The van der Waals surface area contributed by atoms with Gasteiger partial charge < -0.3 is 10.1 Å². The predicted octanol–water partition coefficient (Wildman–Crippen LogP) is 4.33. The van der Waals surface area contributed by atoms with E-state index in [2.05, 4.69) is 5.32 Å². The maximum Gasteiger partial charge on any atom is 0.308 e. The van der Waals surface area contributed by atoms with Crippen LogP contribution in [0.3, 0.4) is 0 Å². The van der Waals surface area contributed by atoms with Gasteiger partial charge in [0.25, 0.3) is 11.6 Å².